The van der Waals surface area contributed by atoms with Crippen molar-refractivity contribution in [2.45, 2.75) is 52.0 Å². The van der Waals surface area contributed by atoms with Gasteiger partial charge in [0, 0.05) is 13.1 Å². The van der Waals surface area contributed by atoms with Crippen molar-refractivity contribution < 1.29 is 14.4 Å². The van der Waals surface area contributed by atoms with Gasteiger partial charge in [-0.3, -0.25) is 14.5 Å². The summed E-state index contributed by atoms with van der Waals surface area (Å²) in [6.07, 6.45) is 3.45. The molecule has 2 rings (SSSR count). The largest absolute Gasteiger partial charge is 0.341 e. The molecule has 2 fully saturated rings. The molecule has 0 aliphatic carbocycles. The Bertz CT molecular complexity index is 443. The number of imide groups is 1. The van der Waals surface area contributed by atoms with Gasteiger partial charge >= 0.3 is 6.03 Å². The lowest BCUT2D eigenvalue weighted by Gasteiger charge is -2.23. The van der Waals surface area contributed by atoms with Crippen molar-refractivity contribution in [2.75, 3.05) is 19.6 Å². The molecule has 0 unspecified atom stereocenters. The monoisotopic (exact) mass is 295 g/mol. The molecular formula is C15H25N3O3. The first-order chi connectivity index (χ1) is 9.83. The molecule has 0 aromatic rings. The maximum Gasteiger partial charge on any atom is 0.325 e. The van der Waals surface area contributed by atoms with Crippen LogP contribution in [0.5, 0.6) is 0 Å². The molecule has 1 N–H and O–H groups in total. The Kier molecular flexibility index (Phi) is 4.54. The van der Waals surface area contributed by atoms with E-state index >= 15 is 0 Å². The third-order valence-electron chi connectivity index (χ3n) is 4.32. The van der Waals surface area contributed by atoms with Gasteiger partial charge in [0.25, 0.3) is 5.91 Å². The third-order valence-corrected chi connectivity index (χ3v) is 4.32. The summed E-state index contributed by atoms with van der Waals surface area (Å²) < 4.78 is 0. The molecule has 6 nitrogen and oxygen atoms in total. The van der Waals surface area contributed by atoms with Crippen LogP contribution in [0, 0.1) is 5.92 Å². The number of carbonyl (C=O) groups is 3. The van der Waals surface area contributed by atoms with Crippen LogP contribution in [0.25, 0.3) is 0 Å². The number of rotatable bonds is 5. The molecule has 2 aliphatic heterocycles. The molecule has 0 aromatic carbocycles. The second-order valence-electron chi connectivity index (χ2n) is 6.67. The van der Waals surface area contributed by atoms with Crippen molar-refractivity contribution in [3.05, 3.63) is 0 Å². The number of hydrogen-bond acceptors (Lipinski definition) is 3. The summed E-state index contributed by atoms with van der Waals surface area (Å²) in [6.45, 7) is 7.23. The molecule has 0 spiro atoms. The number of likely N-dealkylation sites (tertiary alicyclic amines) is 1. The number of carbonyl (C=O) groups excluding carboxylic acids is 3. The van der Waals surface area contributed by atoms with Crippen LogP contribution in [-0.2, 0) is 9.59 Å². The van der Waals surface area contributed by atoms with Crippen LogP contribution in [0.1, 0.15) is 46.5 Å². The van der Waals surface area contributed by atoms with E-state index in [2.05, 4.69) is 19.2 Å². The van der Waals surface area contributed by atoms with E-state index in [4.69, 9.17) is 0 Å². The summed E-state index contributed by atoms with van der Waals surface area (Å²) >= 11 is 0. The molecule has 2 heterocycles. The summed E-state index contributed by atoms with van der Waals surface area (Å²) in [4.78, 5) is 39.4. The normalized spacial score (nSPS) is 25.9. The van der Waals surface area contributed by atoms with E-state index in [1.54, 1.807) is 11.8 Å². The van der Waals surface area contributed by atoms with Crippen LogP contribution in [-0.4, -0.2) is 52.8 Å². The van der Waals surface area contributed by atoms with E-state index in [1.807, 2.05) is 0 Å². The molecule has 4 amide bonds. The van der Waals surface area contributed by atoms with Gasteiger partial charge < -0.3 is 10.2 Å². The van der Waals surface area contributed by atoms with Crippen molar-refractivity contribution in [3.8, 4) is 0 Å². The van der Waals surface area contributed by atoms with E-state index < -0.39 is 11.6 Å². The van der Waals surface area contributed by atoms with Gasteiger partial charge in [0.1, 0.15) is 12.1 Å². The molecular weight excluding hydrogens is 270 g/mol. The second kappa shape index (κ2) is 6.03. The zero-order valence-corrected chi connectivity index (χ0v) is 13.1. The Morgan fingerprint density at radius 3 is 2.48 bits per heavy atom. The third kappa shape index (κ3) is 3.36. The van der Waals surface area contributed by atoms with E-state index in [-0.39, 0.29) is 18.4 Å². The highest BCUT2D eigenvalue weighted by atomic mass is 16.2. The van der Waals surface area contributed by atoms with Gasteiger partial charge in [0.05, 0.1) is 0 Å². The summed E-state index contributed by atoms with van der Waals surface area (Å²) in [5.74, 6) is 0.0524. The summed E-state index contributed by atoms with van der Waals surface area (Å²) in [5.41, 5.74) is -0.868. The van der Waals surface area contributed by atoms with Gasteiger partial charge in [-0.1, -0.05) is 13.8 Å². The fraction of sp³-hybridized carbons (Fsp3) is 0.800. The molecule has 0 aromatic heterocycles. The van der Waals surface area contributed by atoms with Crippen molar-refractivity contribution in [3.63, 3.8) is 0 Å². The lowest BCUT2D eigenvalue weighted by Crippen LogP contribution is -2.45. The molecule has 21 heavy (non-hydrogen) atoms. The van der Waals surface area contributed by atoms with Crippen molar-refractivity contribution >= 4 is 17.8 Å². The highest BCUT2D eigenvalue weighted by molar-refractivity contribution is 6.08. The SMILES string of the molecule is CC(C)CC[C@@]1(C)NC(=O)N(CC(=O)N2CCCC2)C1=O. The van der Waals surface area contributed by atoms with Gasteiger partial charge in [0.15, 0.2) is 0 Å². The Hall–Kier alpha value is -1.59. The molecule has 1 atom stereocenters. The van der Waals surface area contributed by atoms with Gasteiger partial charge in [0.2, 0.25) is 5.91 Å². The van der Waals surface area contributed by atoms with Crippen LogP contribution in [0.4, 0.5) is 4.79 Å². The minimum absolute atomic E-state index is 0.135. The van der Waals surface area contributed by atoms with Crippen LogP contribution >= 0.6 is 0 Å². The minimum Gasteiger partial charge on any atom is -0.341 e. The van der Waals surface area contributed by atoms with Gasteiger partial charge in [-0.15, -0.1) is 0 Å². The van der Waals surface area contributed by atoms with E-state index in [9.17, 15) is 14.4 Å². The number of amides is 4. The zero-order chi connectivity index (χ0) is 15.6. The maximum absolute atomic E-state index is 12.5. The van der Waals surface area contributed by atoms with Crippen LogP contribution in [0.3, 0.4) is 0 Å². The smallest absolute Gasteiger partial charge is 0.325 e. The summed E-state index contributed by atoms with van der Waals surface area (Å²) in [6, 6.07) is -0.446. The predicted octanol–water partition coefficient (Wildman–Crippen LogP) is 1.36. The second-order valence-corrected chi connectivity index (χ2v) is 6.67. The van der Waals surface area contributed by atoms with Gasteiger partial charge in [-0.25, -0.2) is 4.79 Å². The Labute approximate surface area is 125 Å². The van der Waals surface area contributed by atoms with E-state index in [0.29, 0.717) is 12.3 Å². The Balaban J connectivity index is 1.99. The standard InChI is InChI=1S/C15H25N3O3/c1-11(2)6-7-15(3)13(20)18(14(21)16-15)10-12(19)17-8-4-5-9-17/h11H,4-10H2,1-3H3,(H,16,21)/t15-/m1/s1. The highest BCUT2D eigenvalue weighted by Crippen LogP contribution is 2.24. The maximum atomic E-state index is 12.5. The lowest BCUT2D eigenvalue weighted by atomic mass is 9.92. The van der Waals surface area contributed by atoms with E-state index in [1.165, 1.54) is 0 Å². The fourth-order valence-electron chi connectivity index (χ4n) is 2.84. The van der Waals surface area contributed by atoms with Crippen LogP contribution in [0.2, 0.25) is 0 Å². The topological polar surface area (TPSA) is 69.7 Å². The summed E-state index contributed by atoms with van der Waals surface area (Å²) in [5, 5.41) is 2.75. The lowest BCUT2D eigenvalue weighted by molar-refractivity contribution is -0.138. The first kappa shape index (κ1) is 15.8. The molecule has 2 saturated heterocycles. The summed E-state index contributed by atoms with van der Waals surface area (Å²) in [7, 11) is 0. The molecule has 0 bridgehead atoms. The van der Waals surface area contributed by atoms with Gasteiger partial charge in [-0.05, 0) is 38.5 Å². The Morgan fingerprint density at radius 1 is 1.29 bits per heavy atom. The number of nitrogens with one attached hydrogen (secondary N) is 1. The number of nitrogens with zero attached hydrogens (tertiary/aromatic N) is 2. The highest BCUT2D eigenvalue weighted by Gasteiger charge is 2.48. The average molecular weight is 295 g/mol. The molecule has 0 saturated carbocycles. The van der Waals surface area contributed by atoms with Crippen molar-refractivity contribution in [2.24, 2.45) is 5.92 Å². The molecule has 0 radical (unpaired) electrons. The first-order valence-corrected chi connectivity index (χ1v) is 7.75. The molecule has 118 valence electrons. The van der Waals surface area contributed by atoms with Crippen LogP contribution < -0.4 is 5.32 Å². The predicted molar refractivity (Wildman–Crippen MR) is 78.5 cm³/mol. The van der Waals surface area contributed by atoms with Gasteiger partial charge in [-0.2, -0.15) is 0 Å². The number of hydrogen-bond donors (Lipinski definition) is 1. The average Bonchev–Trinajstić information content (AvgIpc) is 3.01. The minimum atomic E-state index is -0.868. The van der Waals surface area contributed by atoms with Crippen molar-refractivity contribution in [1.82, 2.24) is 15.1 Å². The Morgan fingerprint density at radius 2 is 1.90 bits per heavy atom. The van der Waals surface area contributed by atoms with E-state index in [0.717, 1.165) is 37.3 Å². The fourth-order valence-corrected chi connectivity index (χ4v) is 2.84. The zero-order valence-electron chi connectivity index (χ0n) is 13.1. The molecule has 2 aliphatic rings. The number of urea groups is 1. The first-order valence-electron chi connectivity index (χ1n) is 7.75. The van der Waals surface area contributed by atoms with Crippen LogP contribution in [0.15, 0.2) is 0 Å². The molecule has 6 heteroatoms. The van der Waals surface area contributed by atoms with Crippen molar-refractivity contribution in [1.29, 1.82) is 0 Å². The quantitative estimate of drug-likeness (QED) is 0.779.